The first-order valence-corrected chi connectivity index (χ1v) is 7.75. The Bertz CT molecular complexity index is 506. The minimum atomic E-state index is 0.195. The topological polar surface area (TPSA) is 55.3 Å². The van der Waals surface area contributed by atoms with Crippen molar-refractivity contribution in [2.24, 2.45) is 5.84 Å². The average molecular weight is 274 g/mol. The second kappa shape index (κ2) is 8.02. The molecular formula is C16H26N4. The lowest BCUT2D eigenvalue weighted by molar-refractivity contribution is 0.479. The van der Waals surface area contributed by atoms with Crippen LogP contribution in [-0.4, -0.2) is 9.61 Å². The fraction of sp³-hybridized carbons (Fsp3) is 0.562. The molecule has 0 aliphatic carbocycles. The van der Waals surface area contributed by atoms with Crippen LogP contribution < -0.4 is 11.3 Å². The molecule has 2 aromatic heterocycles. The number of nitrogens with zero attached hydrogens (tertiary/aromatic N) is 2. The zero-order valence-electron chi connectivity index (χ0n) is 12.4. The summed E-state index contributed by atoms with van der Waals surface area (Å²) in [6, 6.07) is 6.32. The summed E-state index contributed by atoms with van der Waals surface area (Å²) in [7, 11) is 0. The van der Waals surface area contributed by atoms with Crippen molar-refractivity contribution in [3.63, 3.8) is 0 Å². The molecular weight excluding hydrogens is 248 g/mol. The van der Waals surface area contributed by atoms with E-state index in [0.29, 0.717) is 0 Å². The maximum atomic E-state index is 5.73. The number of rotatable bonds is 9. The van der Waals surface area contributed by atoms with Crippen LogP contribution in [0.3, 0.4) is 0 Å². The quantitative estimate of drug-likeness (QED) is 0.417. The number of nitrogens with two attached hydrogens (primary N) is 1. The minimum absolute atomic E-state index is 0.195. The van der Waals surface area contributed by atoms with Crippen LogP contribution in [0.15, 0.2) is 30.6 Å². The summed E-state index contributed by atoms with van der Waals surface area (Å²) in [6.45, 7) is 2.25. The standard InChI is InChI=1S/C16H26N4/c1-2-3-4-5-6-7-10-15(19-17)14-13-18-20-12-9-8-11-16(14)20/h8-9,11-13,15,19H,2-7,10,17H2,1H3. The molecule has 0 amide bonds. The zero-order chi connectivity index (χ0) is 14.2. The summed E-state index contributed by atoms with van der Waals surface area (Å²) in [5.41, 5.74) is 5.28. The Balaban J connectivity index is 1.88. The van der Waals surface area contributed by atoms with Gasteiger partial charge in [0.25, 0.3) is 0 Å². The van der Waals surface area contributed by atoms with Crippen LogP contribution in [0.2, 0.25) is 0 Å². The lowest BCUT2D eigenvalue weighted by atomic mass is 10.0. The summed E-state index contributed by atoms with van der Waals surface area (Å²) in [6.07, 6.45) is 12.8. The molecule has 0 aliphatic heterocycles. The first kappa shape index (κ1) is 15.0. The van der Waals surface area contributed by atoms with Crippen molar-refractivity contribution in [2.75, 3.05) is 0 Å². The van der Waals surface area contributed by atoms with Crippen LogP contribution >= 0.6 is 0 Å². The molecule has 0 radical (unpaired) electrons. The van der Waals surface area contributed by atoms with Gasteiger partial charge < -0.3 is 0 Å². The molecule has 0 fully saturated rings. The molecule has 0 spiro atoms. The second-order valence-electron chi connectivity index (χ2n) is 5.41. The van der Waals surface area contributed by atoms with Crippen LogP contribution in [0.25, 0.3) is 5.52 Å². The van der Waals surface area contributed by atoms with E-state index >= 15 is 0 Å². The summed E-state index contributed by atoms with van der Waals surface area (Å²) >= 11 is 0. The van der Waals surface area contributed by atoms with E-state index in [-0.39, 0.29) is 6.04 Å². The van der Waals surface area contributed by atoms with E-state index in [2.05, 4.69) is 23.5 Å². The molecule has 0 aliphatic rings. The first-order valence-electron chi connectivity index (χ1n) is 7.75. The van der Waals surface area contributed by atoms with Gasteiger partial charge in [0.15, 0.2) is 0 Å². The Morgan fingerprint density at radius 1 is 1.20 bits per heavy atom. The Hall–Kier alpha value is -1.39. The predicted molar refractivity (Wildman–Crippen MR) is 83.2 cm³/mol. The van der Waals surface area contributed by atoms with E-state index in [1.54, 1.807) is 0 Å². The van der Waals surface area contributed by atoms with E-state index in [0.717, 1.165) is 11.9 Å². The monoisotopic (exact) mass is 274 g/mol. The van der Waals surface area contributed by atoms with Crippen LogP contribution in [-0.2, 0) is 0 Å². The molecule has 20 heavy (non-hydrogen) atoms. The number of hydrogen-bond acceptors (Lipinski definition) is 3. The summed E-state index contributed by atoms with van der Waals surface area (Å²) < 4.78 is 1.90. The highest BCUT2D eigenvalue weighted by molar-refractivity contribution is 5.54. The van der Waals surface area contributed by atoms with Gasteiger partial charge in [0.2, 0.25) is 0 Å². The molecule has 2 heterocycles. The van der Waals surface area contributed by atoms with E-state index in [4.69, 9.17) is 5.84 Å². The van der Waals surface area contributed by atoms with Gasteiger partial charge in [-0.1, -0.05) is 51.5 Å². The van der Waals surface area contributed by atoms with Crippen LogP contribution in [0.1, 0.15) is 63.5 Å². The van der Waals surface area contributed by atoms with Crippen molar-refractivity contribution < 1.29 is 0 Å². The van der Waals surface area contributed by atoms with E-state index in [9.17, 15) is 0 Å². The van der Waals surface area contributed by atoms with E-state index in [1.807, 2.05) is 29.0 Å². The smallest absolute Gasteiger partial charge is 0.0709 e. The number of pyridine rings is 1. The molecule has 4 heteroatoms. The van der Waals surface area contributed by atoms with Crippen molar-refractivity contribution in [2.45, 2.75) is 57.9 Å². The van der Waals surface area contributed by atoms with Gasteiger partial charge in [-0.15, -0.1) is 0 Å². The fourth-order valence-electron chi connectivity index (χ4n) is 2.68. The Kier molecular flexibility index (Phi) is 6.02. The largest absolute Gasteiger partial charge is 0.271 e. The van der Waals surface area contributed by atoms with Crippen LogP contribution in [0.5, 0.6) is 0 Å². The molecule has 110 valence electrons. The number of unbranched alkanes of at least 4 members (excludes halogenated alkanes) is 5. The SMILES string of the molecule is CCCCCCCCC(NN)c1cnn2ccccc12. The number of hydrazine groups is 1. The van der Waals surface area contributed by atoms with Gasteiger partial charge in [0.1, 0.15) is 0 Å². The highest BCUT2D eigenvalue weighted by Crippen LogP contribution is 2.23. The van der Waals surface area contributed by atoms with Gasteiger partial charge in [-0.2, -0.15) is 5.10 Å². The molecule has 1 atom stereocenters. The van der Waals surface area contributed by atoms with Gasteiger partial charge >= 0.3 is 0 Å². The fourth-order valence-corrected chi connectivity index (χ4v) is 2.68. The Morgan fingerprint density at radius 3 is 2.80 bits per heavy atom. The van der Waals surface area contributed by atoms with Crippen molar-refractivity contribution in [1.82, 2.24) is 15.0 Å². The maximum Gasteiger partial charge on any atom is 0.0709 e. The Morgan fingerprint density at radius 2 is 2.00 bits per heavy atom. The van der Waals surface area contributed by atoms with Gasteiger partial charge in [-0.05, 0) is 18.6 Å². The third kappa shape index (κ3) is 3.81. The van der Waals surface area contributed by atoms with Gasteiger partial charge in [-0.3, -0.25) is 11.3 Å². The van der Waals surface area contributed by atoms with Crippen molar-refractivity contribution in [3.8, 4) is 0 Å². The summed E-state index contributed by atoms with van der Waals surface area (Å²) in [4.78, 5) is 0. The maximum absolute atomic E-state index is 5.73. The molecule has 0 saturated heterocycles. The van der Waals surface area contributed by atoms with E-state index in [1.165, 1.54) is 44.1 Å². The predicted octanol–water partition coefficient (Wildman–Crippen LogP) is 3.59. The highest BCUT2D eigenvalue weighted by Gasteiger charge is 2.14. The highest BCUT2D eigenvalue weighted by atomic mass is 15.3. The molecule has 4 nitrogen and oxygen atoms in total. The number of hydrogen-bond donors (Lipinski definition) is 2. The Labute approximate surface area is 121 Å². The normalized spacial score (nSPS) is 12.9. The number of nitrogens with one attached hydrogen (secondary N) is 1. The van der Waals surface area contributed by atoms with Crippen molar-refractivity contribution in [3.05, 3.63) is 36.2 Å². The van der Waals surface area contributed by atoms with E-state index < -0.39 is 0 Å². The molecule has 2 aromatic rings. The summed E-state index contributed by atoms with van der Waals surface area (Å²) in [5.74, 6) is 5.73. The average Bonchev–Trinajstić information content (AvgIpc) is 2.91. The molecule has 1 unspecified atom stereocenters. The molecule has 3 N–H and O–H groups in total. The third-order valence-electron chi connectivity index (χ3n) is 3.88. The van der Waals surface area contributed by atoms with Gasteiger partial charge in [0, 0.05) is 17.8 Å². The van der Waals surface area contributed by atoms with Crippen molar-refractivity contribution in [1.29, 1.82) is 0 Å². The number of aromatic nitrogens is 2. The van der Waals surface area contributed by atoms with Crippen LogP contribution in [0.4, 0.5) is 0 Å². The minimum Gasteiger partial charge on any atom is -0.271 e. The first-order chi connectivity index (χ1) is 9.86. The molecule has 0 saturated carbocycles. The zero-order valence-corrected chi connectivity index (χ0v) is 12.4. The van der Waals surface area contributed by atoms with Crippen LogP contribution in [0, 0.1) is 0 Å². The summed E-state index contributed by atoms with van der Waals surface area (Å²) in [5, 5.41) is 4.38. The van der Waals surface area contributed by atoms with Gasteiger partial charge in [0.05, 0.1) is 11.7 Å². The third-order valence-corrected chi connectivity index (χ3v) is 3.88. The van der Waals surface area contributed by atoms with Gasteiger partial charge in [-0.25, -0.2) is 4.52 Å². The lowest BCUT2D eigenvalue weighted by Gasteiger charge is -2.14. The lowest BCUT2D eigenvalue weighted by Crippen LogP contribution is -2.27. The molecule has 0 bridgehead atoms. The molecule has 0 aromatic carbocycles. The van der Waals surface area contributed by atoms with Crippen molar-refractivity contribution >= 4 is 5.52 Å². The number of fused-ring (bicyclic) bond motifs is 1. The second-order valence-corrected chi connectivity index (χ2v) is 5.41. The molecule has 2 rings (SSSR count).